The summed E-state index contributed by atoms with van der Waals surface area (Å²) < 4.78 is 1.88. The molecule has 0 bridgehead atoms. The molecule has 3 aromatic rings. The Labute approximate surface area is 187 Å². The van der Waals surface area contributed by atoms with Gasteiger partial charge in [-0.3, -0.25) is 18.9 Å². The van der Waals surface area contributed by atoms with E-state index in [0.717, 1.165) is 17.3 Å². The molecule has 0 atom stereocenters. The third-order valence-corrected chi connectivity index (χ3v) is 6.30. The van der Waals surface area contributed by atoms with Gasteiger partial charge in [0.25, 0.3) is 11.5 Å². The number of anilines is 1. The van der Waals surface area contributed by atoms with Gasteiger partial charge >= 0.3 is 0 Å². The molecule has 152 valence electrons. The van der Waals surface area contributed by atoms with Gasteiger partial charge in [-0.15, -0.1) is 0 Å². The summed E-state index contributed by atoms with van der Waals surface area (Å²) in [6.45, 7) is 2.78. The van der Waals surface area contributed by atoms with E-state index in [0.29, 0.717) is 37.8 Å². The van der Waals surface area contributed by atoms with Gasteiger partial charge in [0, 0.05) is 17.8 Å². The number of amides is 1. The molecule has 1 fully saturated rings. The summed E-state index contributed by atoms with van der Waals surface area (Å²) in [5.41, 5.74) is 1.39. The summed E-state index contributed by atoms with van der Waals surface area (Å²) in [6.07, 6.45) is 3.22. The smallest absolute Gasteiger partial charge is 0.267 e. The van der Waals surface area contributed by atoms with Gasteiger partial charge in [-0.25, -0.2) is 4.98 Å². The number of nitrogens with zero attached hydrogens (tertiary/aromatic N) is 3. The molecule has 3 heterocycles. The maximum absolute atomic E-state index is 13.1. The lowest BCUT2D eigenvalue weighted by atomic mass is 10.2. The molecule has 4 rings (SSSR count). The molecular weight excluding hydrogens is 440 g/mol. The highest BCUT2D eigenvalue weighted by Gasteiger charge is 2.33. The molecule has 1 N–H and O–H groups in total. The highest BCUT2D eigenvalue weighted by atomic mass is 35.5. The highest BCUT2D eigenvalue weighted by molar-refractivity contribution is 8.26. The highest BCUT2D eigenvalue weighted by Crippen LogP contribution is 2.34. The Morgan fingerprint density at radius 2 is 1.97 bits per heavy atom. The van der Waals surface area contributed by atoms with E-state index in [9.17, 15) is 9.59 Å². The molecule has 0 radical (unpaired) electrons. The fourth-order valence-electron chi connectivity index (χ4n) is 3.10. The molecule has 1 amide bonds. The number of thioether (sulfide) groups is 1. The molecule has 0 saturated carbocycles. The second-order valence-electron chi connectivity index (χ2n) is 6.50. The first-order valence-electron chi connectivity index (χ1n) is 9.23. The van der Waals surface area contributed by atoms with Crippen molar-refractivity contribution in [3.05, 3.63) is 80.1 Å². The minimum atomic E-state index is -0.259. The number of hydrogen-bond acceptors (Lipinski definition) is 6. The van der Waals surface area contributed by atoms with Crippen molar-refractivity contribution in [3.8, 4) is 0 Å². The van der Waals surface area contributed by atoms with E-state index in [-0.39, 0.29) is 18.0 Å². The molecule has 1 aromatic carbocycles. The summed E-state index contributed by atoms with van der Waals surface area (Å²) in [5.74, 6) is 0.176. The van der Waals surface area contributed by atoms with Crippen LogP contribution in [0.15, 0.2) is 58.4 Å². The third-order valence-electron chi connectivity index (χ3n) is 4.55. The predicted octanol–water partition coefficient (Wildman–Crippen LogP) is 4.18. The second kappa shape index (κ2) is 8.59. The molecule has 30 heavy (non-hydrogen) atoms. The quantitative estimate of drug-likeness (QED) is 0.459. The van der Waals surface area contributed by atoms with Crippen LogP contribution >= 0.6 is 35.6 Å². The van der Waals surface area contributed by atoms with E-state index in [1.807, 2.05) is 31.2 Å². The number of aromatic nitrogens is 2. The molecular formula is C21H17ClN4O2S2. The minimum Gasteiger partial charge on any atom is -0.370 e. The molecule has 9 heteroatoms. The van der Waals surface area contributed by atoms with Crippen molar-refractivity contribution in [1.82, 2.24) is 14.3 Å². The lowest BCUT2D eigenvalue weighted by Gasteiger charge is -2.15. The van der Waals surface area contributed by atoms with Crippen LogP contribution in [-0.4, -0.2) is 31.1 Å². The number of halogens is 1. The number of carbonyl (C=O) groups is 1. The van der Waals surface area contributed by atoms with Crippen LogP contribution in [0.4, 0.5) is 5.82 Å². The first-order valence-corrected chi connectivity index (χ1v) is 10.8. The monoisotopic (exact) mass is 456 g/mol. The van der Waals surface area contributed by atoms with Gasteiger partial charge in [0.15, 0.2) is 0 Å². The predicted molar refractivity (Wildman–Crippen MR) is 126 cm³/mol. The Bertz CT molecular complexity index is 1260. The molecule has 0 spiro atoms. The van der Waals surface area contributed by atoms with Crippen molar-refractivity contribution >= 4 is 63.3 Å². The minimum absolute atomic E-state index is 0.257. The van der Waals surface area contributed by atoms with Crippen molar-refractivity contribution in [2.24, 2.45) is 0 Å². The first-order chi connectivity index (χ1) is 14.5. The Morgan fingerprint density at radius 1 is 1.20 bits per heavy atom. The molecule has 1 saturated heterocycles. The fraction of sp³-hybridized carbons (Fsp3) is 0.143. The van der Waals surface area contributed by atoms with E-state index in [2.05, 4.69) is 10.3 Å². The average molecular weight is 457 g/mol. The number of nitrogens with one attached hydrogen (secondary N) is 1. The van der Waals surface area contributed by atoms with Crippen molar-refractivity contribution < 1.29 is 4.79 Å². The third kappa shape index (κ3) is 3.86. The van der Waals surface area contributed by atoms with E-state index >= 15 is 0 Å². The Kier molecular flexibility index (Phi) is 5.90. The van der Waals surface area contributed by atoms with E-state index in [1.165, 1.54) is 9.30 Å². The van der Waals surface area contributed by atoms with Crippen LogP contribution in [0.2, 0.25) is 5.02 Å². The Hall–Kier alpha value is -2.68. The molecule has 0 aliphatic carbocycles. The maximum atomic E-state index is 13.1. The number of thiocarbonyl (C=S) groups is 1. The molecule has 1 aliphatic heterocycles. The maximum Gasteiger partial charge on any atom is 0.267 e. The van der Waals surface area contributed by atoms with Crippen molar-refractivity contribution in [1.29, 1.82) is 0 Å². The summed E-state index contributed by atoms with van der Waals surface area (Å²) in [6, 6.07) is 12.7. The van der Waals surface area contributed by atoms with Crippen molar-refractivity contribution in [2.45, 2.75) is 13.5 Å². The molecule has 6 nitrogen and oxygen atoms in total. The molecule has 2 aromatic heterocycles. The number of benzene rings is 1. The number of fused-ring (bicyclic) bond motifs is 1. The van der Waals surface area contributed by atoms with E-state index in [4.69, 9.17) is 23.8 Å². The molecule has 0 unspecified atom stereocenters. The standard InChI is InChI=1S/C21H17ClN4O2S2/c1-2-23-18-14(19(27)25-10-6-5-9-17(25)24-18)11-16-20(28)26(21(29)30-16)12-13-7-3-4-8-15(13)22/h3-11,23H,2,12H2,1H3. The summed E-state index contributed by atoms with van der Waals surface area (Å²) >= 11 is 12.8. The van der Waals surface area contributed by atoms with Gasteiger partial charge in [-0.1, -0.05) is 59.8 Å². The van der Waals surface area contributed by atoms with Gasteiger partial charge in [0.1, 0.15) is 15.8 Å². The number of pyridine rings is 1. The SMILES string of the molecule is CCNc1nc2ccccn2c(=O)c1C=C1SC(=S)N(Cc2ccccc2Cl)C1=O. The lowest BCUT2D eigenvalue weighted by Crippen LogP contribution is -2.27. The average Bonchev–Trinajstić information content (AvgIpc) is 3.00. The van der Waals surface area contributed by atoms with E-state index < -0.39 is 0 Å². The summed E-state index contributed by atoms with van der Waals surface area (Å²) in [5, 5.41) is 3.69. The summed E-state index contributed by atoms with van der Waals surface area (Å²) in [7, 11) is 0. The fourth-order valence-corrected chi connectivity index (χ4v) is 4.53. The van der Waals surface area contributed by atoms with Gasteiger partial charge in [-0.05, 0) is 36.8 Å². The number of carbonyl (C=O) groups excluding carboxylic acids is 1. The van der Waals surface area contributed by atoms with Crippen LogP contribution in [0.5, 0.6) is 0 Å². The second-order valence-corrected chi connectivity index (χ2v) is 8.58. The zero-order chi connectivity index (χ0) is 21.3. The largest absolute Gasteiger partial charge is 0.370 e. The molecule has 1 aliphatic rings. The van der Waals surface area contributed by atoms with Crippen LogP contribution < -0.4 is 10.9 Å². The Morgan fingerprint density at radius 3 is 2.73 bits per heavy atom. The van der Waals surface area contributed by atoms with Crippen molar-refractivity contribution in [3.63, 3.8) is 0 Å². The van der Waals surface area contributed by atoms with Gasteiger partial charge in [-0.2, -0.15) is 0 Å². The van der Waals surface area contributed by atoms with Gasteiger partial charge in [0.05, 0.1) is 17.0 Å². The lowest BCUT2D eigenvalue weighted by molar-refractivity contribution is -0.122. The van der Waals surface area contributed by atoms with Crippen LogP contribution in [-0.2, 0) is 11.3 Å². The van der Waals surface area contributed by atoms with Crippen LogP contribution in [0, 0.1) is 0 Å². The summed E-state index contributed by atoms with van der Waals surface area (Å²) in [4.78, 5) is 32.5. The first kappa shape index (κ1) is 20.6. The topological polar surface area (TPSA) is 66.7 Å². The zero-order valence-electron chi connectivity index (χ0n) is 16.0. The number of hydrogen-bond donors (Lipinski definition) is 1. The number of rotatable bonds is 5. The normalized spacial score (nSPS) is 15.4. The van der Waals surface area contributed by atoms with Crippen LogP contribution in [0.3, 0.4) is 0 Å². The van der Waals surface area contributed by atoms with Crippen LogP contribution in [0.25, 0.3) is 11.7 Å². The van der Waals surface area contributed by atoms with Gasteiger partial charge < -0.3 is 5.32 Å². The van der Waals surface area contributed by atoms with Gasteiger partial charge in [0.2, 0.25) is 0 Å². The Balaban J connectivity index is 1.74. The van der Waals surface area contributed by atoms with Crippen LogP contribution in [0.1, 0.15) is 18.1 Å². The van der Waals surface area contributed by atoms with Crippen molar-refractivity contribution in [2.75, 3.05) is 11.9 Å². The zero-order valence-corrected chi connectivity index (χ0v) is 18.4. The van der Waals surface area contributed by atoms with E-state index in [1.54, 1.807) is 30.5 Å².